The lowest BCUT2D eigenvalue weighted by atomic mass is 10.3. The monoisotopic (exact) mass is 309 g/mol. The zero-order chi connectivity index (χ0) is 15.1. The Labute approximate surface area is 131 Å². The van der Waals surface area contributed by atoms with Crippen molar-refractivity contribution in [1.29, 1.82) is 0 Å². The third-order valence-corrected chi connectivity index (χ3v) is 3.63. The minimum Gasteiger partial charge on any atom is -0.381 e. The fraction of sp³-hybridized carbons (Fsp3) is 0.625. The Morgan fingerprint density at radius 3 is 2.76 bits per heavy atom. The molecule has 0 spiro atoms. The molecule has 0 saturated heterocycles. The molecule has 2 heterocycles. The molecule has 0 radical (unpaired) electrons. The molecule has 2 aromatic rings. The van der Waals surface area contributed by atoms with E-state index in [1.165, 1.54) is 6.42 Å². The van der Waals surface area contributed by atoms with Gasteiger partial charge in [0.2, 0.25) is 0 Å². The van der Waals surface area contributed by atoms with Crippen LogP contribution in [-0.2, 0) is 17.7 Å². The molecule has 5 heteroatoms. The summed E-state index contributed by atoms with van der Waals surface area (Å²) in [7, 11) is 0. The van der Waals surface area contributed by atoms with Crippen molar-refractivity contribution in [2.75, 3.05) is 19.1 Å². The number of imidazole rings is 1. The molecule has 0 aromatic carbocycles. The van der Waals surface area contributed by atoms with Gasteiger partial charge in [0, 0.05) is 37.8 Å². The lowest BCUT2D eigenvalue weighted by Gasteiger charge is -2.08. The molecule has 0 N–H and O–H groups in total. The van der Waals surface area contributed by atoms with Crippen LogP contribution in [0.4, 0.5) is 0 Å². The van der Waals surface area contributed by atoms with Gasteiger partial charge in [0.1, 0.15) is 11.3 Å². The normalized spacial score (nSPS) is 11.4. The number of alkyl halides is 1. The SMILES string of the molecule is CCCCOCCCn1c(CCCl)nc2ccc(C)nc21. The topological polar surface area (TPSA) is 39.9 Å². The first kappa shape index (κ1) is 16.2. The van der Waals surface area contributed by atoms with Crippen molar-refractivity contribution < 1.29 is 4.74 Å². The lowest BCUT2D eigenvalue weighted by molar-refractivity contribution is 0.126. The number of fused-ring (bicyclic) bond motifs is 1. The maximum atomic E-state index is 5.89. The number of nitrogens with zero attached hydrogens (tertiary/aromatic N) is 3. The van der Waals surface area contributed by atoms with E-state index in [4.69, 9.17) is 16.3 Å². The Hall–Kier alpha value is -1.13. The van der Waals surface area contributed by atoms with E-state index < -0.39 is 0 Å². The Morgan fingerprint density at radius 2 is 2.00 bits per heavy atom. The van der Waals surface area contributed by atoms with Gasteiger partial charge in [-0.15, -0.1) is 11.6 Å². The summed E-state index contributed by atoms with van der Waals surface area (Å²) >= 11 is 5.89. The molecule has 0 bridgehead atoms. The predicted molar refractivity (Wildman–Crippen MR) is 87.0 cm³/mol. The van der Waals surface area contributed by atoms with Crippen LogP contribution < -0.4 is 0 Å². The summed E-state index contributed by atoms with van der Waals surface area (Å²) in [6, 6.07) is 4.03. The van der Waals surface area contributed by atoms with Gasteiger partial charge in [-0.3, -0.25) is 0 Å². The van der Waals surface area contributed by atoms with Crippen molar-refractivity contribution in [3.63, 3.8) is 0 Å². The maximum Gasteiger partial charge on any atom is 0.160 e. The van der Waals surface area contributed by atoms with Crippen LogP contribution in [0.25, 0.3) is 11.2 Å². The predicted octanol–water partition coefficient (Wildman–Crippen LogP) is 3.73. The number of hydrogen-bond donors (Lipinski definition) is 0. The van der Waals surface area contributed by atoms with Crippen molar-refractivity contribution in [1.82, 2.24) is 14.5 Å². The first-order valence-electron chi connectivity index (χ1n) is 7.72. The van der Waals surface area contributed by atoms with Crippen LogP contribution in [0.5, 0.6) is 0 Å². The standard InChI is InChI=1S/C16H24ClN3O/c1-3-4-11-21-12-5-10-20-15(8-9-17)19-14-7-6-13(2)18-16(14)20/h6-7H,3-5,8-12H2,1-2H3. The third kappa shape index (κ3) is 4.42. The van der Waals surface area contributed by atoms with Gasteiger partial charge in [-0.25, -0.2) is 9.97 Å². The summed E-state index contributed by atoms with van der Waals surface area (Å²) in [5, 5.41) is 0. The average molecular weight is 310 g/mol. The van der Waals surface area contributed by atoms with Crippen molar-refractivity contribution in [2.24, 2.45) is 0 Å². The second-order valence-corrected chi connectivity index (χ2v) is 5.61. The van der Waals surface area contributed by atoms with Crippen LogP contribution in [0, 0.1) is 6.92 Å². The van der Waals surface area contributed by atoms with Gasteiger partial charge in [0.15, 0.2) is 5.65 Å². The molecule has 0 unspecified atom stereocenters. The summed E-state index contributed by atoms with van der Waals surface area (Å²) in [6.07, 6.45) is 4.05. The molecule has 4 nitrogen and oxygen atoms in total. The minimum atomic E-state index is 0.579. The van der Waals surface area contributed by atoms with E-state index in [-0.39, 0.29) is 0 Å². The number of pyridine rings is 1. The lowest BCUT2D eigenvalue weighted by Crippen LogP contribution is -2.08. The second-order valence-electron chi connectivity index (χ2n) is 5.23. The van der Waals surface area contributed by atoms with Crippen molar-refractivity contribution in [2.45, 2.75) is 46.1 Å². The minimum absolute atomic E-state index is 0.579. The van der Waals surface area contributed by atoms with Gasteiger partial charge in [0.05, 0.1) is 0 Å². The number of aromatic nitrogens is 3. The molecular weight excluding hydrogens is 286 g/mol. The van der Waals surface area contributed by atoms with Crippen LogP contribution >= 0.6 is 11.6 Å². The van der Waals surface area contributed by atoms with Crippen molar-refractivity contribution in [3.8, 4) is 0 Å². The van der Waals surface area contributed by atoms with Crippen LogP contribution in [0.1, 0.15) is 37.7 Å². The summed E-state index contributed by atoms with van der Waals surface area (Å²) in [5.74, 6) is 1.60. The first-order valence-corrected chi connectivity index (χ1v) is 8.26. The number of halogens is 1. The van der Waals surface area contributed by atoms with E-state index in [9.17, 15) is 0 Å². The summed E-state index contributed by atoms with van der Waals surface area (Å²) < 4.78 is 7.82. The van der Waals surface area contributed by atoms with Gasteiger partial charge >= 0.3 is 0 Å². The molecule has 0 aliphatic carbocycles. The molecule has 2 aromatic heterocycles. The Bertz CT molecular complexity index is 568. The second kappa shape index (κ2) is 8.35. The van der Waals surface area contributed by atoms with Gasteiger partial charge in [-0.2, -0.15) is 0 Å². The molecule has 2 rings (SSSR count). The smallest absolute Gasteiger partial charge is 0.160 e. The van der Waals surface area contributed by atoms with Gasteiger partial charge in [0.25, 0.3) is 0 Å². The molecule has 0 fully saturated rings. The molecule has 0 aliphatic heterocycles. The van der Waals surface area contributed by atoms with E-state index in [1.54, 1.807) is 0 Å². The summed E-state index contributed by atoms with van der Waals surface area (Å²) in [6.45, 7) is 6.70. The maximum absolute atomic E-state index is 5.89. The molecule has 116 valence electrons. The third-order valence-electron chi connectivity index (χ3n) is 3.44. The zero-order valence-electron chi connectivity index (χ0n) is 12.9. The van der Waals surface area contributed by atoms with E-state index in [0.717, 1.165) is 61.7 Å². The van der Waals surface area contributed by atoms with Crippen LogP contribution in [0.15, 0.2) is 12.1 Å². The van der Waals surface area contributed by atoms with Crippen molar-refractivity contribution >= 4 is 22.8 Å². The van der Waals surface area contributed by atoms with Gasteiger partial charge in [-0.1, -0.05) is 13.3 Å². The van der Waals surface area contributed by atoms with Gasteiger partial charge in [-0.05, 0) is 31.9 Å². The number of hydrogen-bond acceptors (Lipinski definition) is 3. The number of aryl methyl sites for hydroxylation is 3. The highest BCUT2D eigenvalue weighted by Crippen LogP contribution is 2.16. The van der Waals surface area contributed by atoms with E-state index in [2.05, 4.69) is 21.5 Å². The quantitative estimate of drug-likeness (QED) is 0.523. The Balaban J connectivity index is 2.05. The van der Waals surface area contributed by atoms with E-state index in [0.29, 0.717) is 5.88 Å². The largest absolute Gasteiger partial charge is 0.381 e. The fourth-order valence-corrected chi connectivity index (χ4v) is 2.50. The molecule has 0 atom stereocenters. The summed E-state index contributed by atoms with van der Waals surface area (Å²) in [4.78, 5) is 9.27. The number of ether oxygens (including phenoxy) is 1. The molecular formula is C16H24ClN3O. The van der Waals surface area contributed by atoms with E-state index >= 15 is 0 Å². The Kier molecular flexibility index (Phi) is 6.46. The Morgan fingerprint density at radius 1 is 1.19 bits per heavy atom. The molecule has 21 heavy (non-hydrogen) atoms. The molecule has 0 amide bonds. The highest BCUT2D eigenvalue weighted by Gasteiger charge is 2.11. The van der Waals surface area contributed by atoms with Crippen LogP contribution in [0.3, 0.4) is 0 Å². The van der Waals surface area contributed by atoms with Gasteiger partial charge < -0.3 is 9.30 Å². The van der Waals surface area contributed by atoms with Crippen LogP contribution in [0.2, 0.25) is 0 Å². The first-order chi connectivity index (χ1) is 10.3. The van der Waals surface area contributed by atoms with Crippen LogP contribution in [-0.4, -0.2) is 33.6 Å². The average Bonchev–Trinajstić information content (AvgIpc) is 2.80. The van der Waals surface area contributed by atoms with E-state index in [1.807, 2.05) is 19.1 Å². The highest BCUT2D eigenvalue weighted by atomic mass is 35.5. The highest BCUT2D eigenvalue weighted by molar-refractivity contribution is 6.17. The zero-order valence-corrected chi connectivity index (χ0v) is 13.7. The van der Waals surface area contributed by atoms with Crippen molar-refractivity contribution in [3.05, 3.63) is 23.7 Å². The number of unbranched alkanes of at least 4 members (excludes halogenated alkanes) is 1. The summed E-state index contributed by atoms with van der Waals surface area (Å²) in [5.41, 5.74) is 2.93. The number of rotatable bonds is 9. The fourth-order valence-electron chi connectivity index (χ4n) is 2.33. The molecule has 0 saturated carbocycles. The molecule has 0 aliphatic rings.